The smallest absolute Gasteiger partial charge is 0.323 e. The summed E-state index contributed by atoms with van der Waals surface area (Å²) in [4.78, 5) is 23.3. The molecule has 4 nitrogen and oxygen atoms in total. The fourth-order valence-corrected chi connectivity index (χ4v) is 1.13. The van der Waals surface area contributed by atoms with E-state index in [0.717, 1.165) is 17.5 Å². The molecule has 1 rings (SSSR count). The second kappa shape index (κ2) is 4.95. The monoisotopic (exact) mass is 206 g/mol. The third kappa shape index (κ3) is 2.95. The number of hydrogen-bond acceptors (Lipinski definition) is 2. The van der Waals surface area contributed by atoms with Crippen LogP contribution in [0, 0.1) is 0 Å². The highest BCUT2D eigenvalue weighted by molar-refractivity contribution is 6.03. The van der Waals surface area contributed by atoms with Gasteiger partial charge in [0.15, 0.2) is 0 Å². The molecule has 0 radical (unpaired) electrons. The zero-order chi connectivity index (χ0) is 12.0. The molecule has 0 aliphatic heterocycles. The van der Waals surface area contributed by atoms with Crippen molar-refractivity contribution in [2.75, 3.05) is 11.4 Å². The molecule has 1 N–H and O–H groups in total. The Morgan fingerprint density at radius 3 is 2.67 bits per heavy atom. The molecule has 0 bridgehead atoms. The molecule has 1 aromatic rings. The number of rotatable bonds is 4. The number of benzene rings is 1. The van der Waals surface area contributed by atoms with Crippen LogP contribution in [0.3, 0.4) is 0 Å². The van der Waals surface area contributed by atoms with E-state index in [2.05, 4.69) is 0 Å². The van der Waals surface area contributed by atoms with Gasteiger partial charge in [-0.2, -0.15) is 0 Å². The second-order valence-electron chi connectivity index (χ2n) is 2.82. The van der Waals surface area contributed by atoms with Crippen LogP contribution in [-0.2, 0) is 9.59 Å². The van der Waals surface area contributed by atoms with Crippen LogP contribution < -0.4 is 4.90 Å². The Kier molecular flexibility index (Phi) is 3.12. The van der Waals surface area contributed by atoms with Gasteiger partial charge >= 0.3 is 5.97 Å². The summed E-state index contributed by atoms with van der Waals surface area (Å²) in [6, 6.07) is 8.47. The van der Waals surface area contributed by atoms with Crippen LogP contribution in [0.25, 0.3) is 0 Å². The van der Waals surface area contributed by atoms with Crippen LogP contribution in [0.15, 0.2) is 43.0 Å². The van der Waals surface area contributed by atoms with E-state index in [1.807, 2.05) is 0 Å². The van der Waals surface area contributed by atoms with E-state index in [-0.39, 0.29) is 0 Å². The number of anilines is 1. The first-order valence-corrected chi connectivity index (χ1v) is 4.28. The van der Waals surface area contributed by atoms with Crippen LogP contribution in [0.2, 0.25) is 0 Å². The standard InChI is InChI=1S/C11H11NO3/c1-2-10(13)12(8-11(14)15)9-6-4-3-5-7-9/h2-7H,1,8H2,(H,14,15)/i1D. The molecule has 0 aliphatic carbocycles. The van der Waals surface area contributed by atoms with Crippen LogP contribution in [0.5, 0.6) is 0 Å². The summed E-state index contributed by atoms with van der Waals surface area (Å²) >= 11 is 0. The van der Waals surface area contributed by atoms with Gasteiger partial charge in [-0.1, -0.05) is 24.8 Å². The molecule has 0 atom stereocenters. The topological polar surface area (TPSA) is 57.6 Å². The van der Waals surface area contributed by atoms with Crippen molar-refractivity contribution in [1.82, 2.24) is 0 Å². The predicted octanol–water partition coefficient (Wildman–Crippen LogP) is 1.29. The van der Waals surface area contributed by atoms with Crippen molar-refractivity contribution in [1.29, 1.82) is 0 Å². The van der Waals surface area contributed by atoms with Crippen molar-refractivity contribution in [2.45, 2.75) is 0 Å². The second-order valence-corrected chi connectivity index (χ2v) is 2.82. The van der Waals surface area contributed by atoms with Gasteiger partial charge in [0.05, 0.1) is 1.37 Å². The van der Waals surface area contributed by atoms with Gasteiger partial charge in [-0.3, -0.25) is 14.5 Å². The summed E-state index contributed by atoms with van der Waals surface area (Å²) in [6.45, 7) is 0.410. The Bertz CT molecular complexity index is 403. The lowest BCUT2D eigenvalue weighted by atomic mass is 10.3. The number of carboxylic acid groups (broad SMARTS) is 1. The highest BCUT2D eigenvalue weighted by Crippen LogP contribution is 2.13. The first-order valence-electron chi connectivity index (χ1n) is 4.86. The maximum absolute atomic E-state index is 11.5. The first kappa shape index (κ1) is 9.45. The fourth-order valence-electron chi connectivity index (χ4n) is 1.13. The molecule has 0 spiro atoms. The van der Waals surface area contributed by atoms with Gasteiger partial charge in [-0.25, -0.2) is 0 Å². The minimum absolute atomic E-state index is 0.423. The number of nitrogens with zero attached hydrogens (tertiary/aromatic N) is 1. The van der Waals surface area contributed by atoms with Crippen LogP contribution in [0.4, 0.5) is 5.69 Å². The first-order chi connectivity index (χ1) is 7.65. The van der Waals surface area contributed by atoms with Crippen molar-refractivity contribution in [3.8, 4) is 0 Å². The van der Waals surface area contributed by atoms with E-state index in [1.54, 1.807) is 30.3 Å². The lowest BCUT2D eigenvalue weighted by Crippen LogP contribution is -2.34. The SMILES string of the molecule is [2H]C=CC(=O)N(CC(=O)O)c1ccccc1. The molecule has 1 aromatic carbocycles. The molecule has 0 saturated carbocycles. The molecule has 0 heterocycles. The summed E-state index contributed by atoms with van der Waals surface area (Å²) in [6.07, 6.45) is 1.01. The normalized spacial score (nSPS) is 11.1. The van der Waals surface area contributed by atoms with E-state index >= 15 is 0 Å². The van der Waals surface area contributed by atoms with Gasteiger partial charge in [0.2, 0.25) is 0 Å². The van der Waals surface area contributed by atoms with Crippen molar-refractivity contribution < 1.29 is 16.1 Å². The molecule has 0 fully saturated rings. The Labute approximate surface area is 88.8 Å². The summed E-state index contributed by atoms with van der Waals surface area (Å²) < 4.78 is 6.80. The van der Waals surface area contributed by atoms with Crippen molar-refractivity contribution in [3.05, 3.63) is 43.0 Å². The van der Waals surface area contributed by atoms with E-state index in [1.165, 1.54) is 0 Å². The lowest BCUT2D eigenvalue weighted by molar-refractivity contribution is -0.136. The van der Waals surface area contributed by atoms with Gasteiger partial charge < -0.3 is 5.11 Å². The molecule has 0 unspecified atom stereocenters. The summed E-state index contributed by atoms with van der Waals surface area (Å²) in [5, 5.41) is 8.70. The number of aliphatic carboxylic acids is 1. The molecule has 78 valence electrons. The number of para-hydroxylation sites is 1. The van der Waals surface area contributed by atoms with E-state index in [4.69, 9.17) is 6.48 Å². The molecule has 4 heteroatoms. The summed E-state index contributed by atoms with van der Waals surface area (Å²) in [5.41, 5.74) is 0.494. The number of amides is 1. The maximum atomic E-state index is 11.5. The number of hydrogen-bond donors (Lipinski definition) is 1. The Hall–Kier alpha value is -2.10. The van der Waals surface area contributed by atoms with E-state index < -0.39 is 18.4 Å². The molecular formula is C11H11NO3. The Morgan fingerprint density at radius 2 is 2.13 bits per heavy atom. The zero-order valence-electron chi connectivity index (χ0n) is 8.96. The average molecular weight is 206 g/mol. The Morgan fingerprint density at radius 1 is 1.47 bits per heavy atom. The molecule has 15 heavy (non-hydrogen) atoms. The highest BCUT2D eigenvalue weighted by atomic mass is 16.4. The Balaban J connectivity index is 2.96. The van der Waals surface area contributed by atoms with Crippen LogP contribution >= 0.6 is 0 Å². The molecule has 1 amide bonds. The summed E-state index contributed by atoms with van der Waals surface area (Å²) in [5.74, 6) is -1.63. The van der Waals surface area contributed by atoms with Crippen molar-refractivity contribution in [3.63, 3.8) is 0 Å². The minimum Gasteiger partial charge on any atom is -0.480 e. The lowest BCUT2D eigenvalue weighted by Gasteiger charge is -2.18. The zero-order valence-corrected chi connectivity index (χ0v) is 7.96. The molecule has 0 saturated heterocycles. The fraction of sp³-hybridized carbons (Fsp3) is 0.0909. The van der Waals surface area contributed by atoms with Crippen LogP contribution in [0.1, 0.15) is 1.37 Å². The van der Waals surface area contributed by atoms with Crippen LogP contribution in [-0.4, -0.2) is 23.5 Å². The highest BCUT2D eigenvalue weighted by Gasteiger charge is 2.15. The van der Waals surface area contributed by atoms with Crippen molar-refractivity contribution in [2.24, 2.45) is 0 Å². The number of carboxylic acids is 1. The largest absolute Gasteiger partial charge is 0.480 e. The molecular weight excluding hydrogens is 194 g/mol. The van der Waals surface area contributed by atoms with Gasteiger partial charge in [-0.15, -0.1) is 0 Å². The molecule has 0 aliphatic rings. The molecule has 0 aromatic heterocycles. The predicted molar refractivity (Wildman–Crippen MR) is 56.6 cm³/mol. The van der Waals surface area contributed by atoms with Gasteiger partial charge in [-0.05, 0) is 18.2 Å². The van der Waals surface area contributed by atoms with Crippen molar-refractivity contribution >= 4 is 17.6 Å². The average Bonchev–Trinajstić information content (AvgIpc) is 2.27. The van der Waals surface area contributed by atoms with Gasteiger partial charge in [0.25, 0.3) is 5.91 Å². The van der Waals surface area contributed by atoms with Gasteiger partial charge in [0.1, 0.15) is 6.54 Å². The third-order valence-corrected chi connectivity index (χ3v) is 1.77. The van der Waals surface area contributed by atoms with E-state index in [0.29, 0.717) is 5.69 Å². The minimum atomic E-state index is -1.10. The van der Waals surface area contributed by atoms with Gasteiger partial charge in [0, 0.05) is 5.69 Å². The maximum Gasteiger partial charge on any atom is 0.323 e. The van der Waals surface area contributed by atoms with E-state index in [9.17, 15) is 9.59 Å². The number of carbonyl (C=O) groups is 2. The quantitative estimate of drug-likeness (QED) is 0.755. The summed E-state index contributed by atoms with van der Waals surface area (Å²) in [7, 11) is 0. The number of carbonyl (C=O) groups excluding carboxylic acids is 1. The third-order valence-electron chi connectivity index (χ3n) is 1.77.